The average Bonchev–Trinajstić information content (AvgIpc) is 2.14. The Bertz CT molecular complexity index is 199. The highest BCUT2D eigenvalue weighted by molar-refractivity contribution is 9.11. The van der Waals surface area contributed by atoms with Crippen LogP contribution in [0.1, 0.15) is 18.7 Å². The van der Waals surface area contributed by atoms with Gasteiger partial charge >= 0.3 is 0 Å². The van der Waals surface area contributed by atoms with E-state index in [0.29, 0.717) is 0 Å². The fraction of sp³-hybridized carbons (Fsp3) is 0.400. The Morgan fingerprint density at radius 1 is 1.89 bits per heavy atom. The first-order chi connectivity index (χ1) is 4.20. The van der Waals surface area contributed by atoms with Gasteiger partial charge in [-0.3, -0.25) is 0 Å². The number of halogens is 1. The van der Waals surface area contributed by atoms with E-state index in [4.69, 9.17) is 5.11 Å². The van der Waals surface area contributed by atoms with Crippen molar-refractivity contribution in [2.24, 2.45) is 0 Å². The predicted octanol–water partition coefficient (Wildman–Crippen LogP) is 1.96. The monoisotopic (exact) mass is 207 g/mol. The van der Waals surface area contributed by atoms with Gasteiger partial charge in [-0.25, -0.2) is 4.98 Å². The van der Waals surface area contributed by atoms with Crippen LogP contribution in [-0.4, -0.2) is 10.1 Å². The molecule has 9 heavy (non-hydrogen) atoms. The molecule has 4 heteroatoms. The van der Waals surface area contributed by atoms with Gasteiger partial charge in [-0.2, -0.15) is 0 Å². The zero-order valence-corrected chi connectivity index (χ0v) is 7.24. The molecule has 0 aliphatic rings. The molecular weight excluding hydrogens is 202 g/mol. The molecule has 0 aromatic carbocycles. The number of nitrogens with zero attached hydrogens (tertiary/aromatic N) is 1. The zero-order chi connectivity index (χ0) is 6.85. The molecule has 2 nitrogen and oxygen atoms in total. The lowest BCUT2D eigenvalue weighted by atomic mass is 10.3. The van der Waals surface area contributed by atoms with E-state index in [1.54, 1.807) is 6.92 Å². The van der Waals surface area contributed by atoms with Crippen LogP contribution in [0.5, 0.6) is 0 Å². The highest BCUT2D eigenvalue weighted by Gasteiger charge is 2.03. The second-order valence-electron chi connectivity index (χ2n) is 1.70. The van der Waals surface area contributed by atoms with Crippen molar-refractivity contribution in [1.29, 1.82) is 0 Å². The first-order valence-electron chi connectivity index (χ1n) is 2.49. The lowest BCUT2D eigenvalue weighted by molar-refractivity contribution is 0.195. The summed E-state index contributed by atoms with van der Waals surface area (Å²) in [6, 6.07) is 0. The maximum absolute atomic E-state index is 8.96. The van der Waals surface area contributed by atoms with Gasteiger partial charge in [0.05, 0.1) is 11.8 Å². The zero-order valence-electron chi connectivity index (χ0n) is 4.84. The Kier molecular flexibility index (Phi) is 2.21. The van der Waals surface area contributed by atoms with Crippen molar-refractivity contribution in [2.75, 3.05) is 0 Å². The molecule has 1 heterocycles. The molecule has 0 aliphatic heterocycles. The molecule has 0 amide bonds. The third-order valence-corrected chi connectivity index (χ3v) is 2.31. The fourth-order valence-corrected chi connectivity index (χ4v) is 1.57. The van der Waals surface area contributed by atoms with Crippen molar-refractivity contribution in [3.8, 4) is 0 Å². The first kappa shape index (κ1) is 7.18. The number of aliphatic hydroxyl groups is 1. The largest absolute Gasteiger partial charge is 0.387 e. The number of thiazole rings is 1. The van der Waals surface area contributed by atoms with Gasteiger partial charge < -0.3 is 5.11 Å². The summed E-state index contributed by atoms with van der Waals surface area (Å²) in [6.45, 7) is 1.70. The summed E-state index contributed by atoms with van der Waals surface area (Å²) in [7, 11) is 0. The molecule has 1 aromatic heterocycles. The Morgan fingerprint density at radius 2 is 2.56 bits per heavy atom. The van der Waals surface area contributed by atoms with Crippen LogP contribution in [-0.2, 0) is 0 Å². The quantitative estimate of drug-likeness (QED) is 0.765. The summed E-state index contributed by atoms with van der Waals surface area (Å²) in [5, 5.41) is 10.8. The minimum atomic E-state index is -0.451. The van der Waals surface area contributed by atoms with Gasteiger partial charge in [0.15, 0.2) is 3.92 Å². The lowest BCUT2D eigenvalue weighted by Gasteiger charge is -1.94. The molecule has 0 saturated carbocycles. The van der Waals surface area contributed by atoms with Crippen LogP contribution in [0, 0.1) is 0 Å². The Hall–Kier alpha value is 0.0700. The predicted molar refractivity (Wildman–Crippen MR) is 40.4 cm³/mol. The van der Waals surface area contributed by atoms with E-state index in [-0.39, 0.29) is 0 Å². The number of hydrogen-bond donors (Lipinski definition) is 1. The summed E-state index contributed by atoms with van der Waals surface area (Å²) < 4.78 is 0.818. The van der Waals surface area contributed by atoms with Crippen LogP contribution >= 0.6 is 27.3 Å². The summed E-state index contributed by atoms with van der Waals surface area (Å²) in [5.41, 5.74) is 0.729. The summed E-state index contributed by atoms with van der Waals surface area (Å²) in [5.74, 6) is 0. The number of aliphatic hydroxyl groups excluding tert-OH is 1. The molecule has 1 aromatic rings. The molecule has 1 atom stereocenters. The van der Waals surface area contributed by atoms with Gasteiger partial charge in [-0.15, -0.1) is 11.3 Å². The SMILES string of the molecule is C[C@@H](O)c1csc(Br)n1. The molecule has 0 spiro atoms. The molecular formula is C5H6BrNOS. The molecule has 1 N–H and O–H groups in total. The highest BCUT2D eigenvalue weighted by atomic mass is 79.9. The standard InChI is InChI=1S/C5H6BrNOS/c1-3(8)4-2-9-5(6)7-4/h2-3,8H,1H3/t3-/m1/s1. The van der Waals surface area contributed by atoms with Crippen molar-refractivity contribution in [1.82, 2.24) is 4.98 Å². The van der Waals surface area contributed by atoms with Crippen LogP contribution in [0.2, 0.25) is 0 Å². The van der Waals surface area contributed by atoms with Crippen LogP contribution in [0.4, 0.5) is 0 Å². The van der Waals surface area contributed by atoms with Gasteiger partial charge in [0, 0.05) is 5.38 Å². The molecule has 50 valence electrons. The van der Waals surface area contributed by atoms with Crippen molar-refractivity contribution in [2.45, 2.75) is 13.0 Å². The molecule has 1 rings (SSSR count). The van der Waals surface area contributed by atoms with E-state index in [2.05, 4.69) is 20.9 Å². The minimum absolute atomic E-state index is 0.451. The number of aromatic nitrogens is 1. The maximum atomic E-state index is 8.96. The van der Waals surface area contributed by atoms with Crippen molar-refractivity contribution in [3.05, 3.63) is 15.0 Å². The molecule has 0 fully saturated rings. The lowest BCUT2D eigenvalue weighted by Crippen LogP contribution is -1.89. The highest BCUT2D eigenvalue weighted by Crippen LogP contribution is 2.19. The Morgan fingerprint density at radius 3 is 2.78 bits per heavy atom. The van der Waals surface area contributed by atoms with E-state index >= 15 is 0 Å². The smallest absolute Gasteiger partial charge is 0.159 e. The van der Waals surface area contributed by atoms with Gasteiger partial charge in [0.2, 0.25) is 0 Å². The third-order valence-electron chi connectivity index (χ3n) is 0.922. The van der Waals surface area contributed by atoms with Gasteiger partial charge in [0.1, 0.15) is 0 Å². The maximum Gasteiger partial charge on any atom is 0.159 e. The Balaban J connectivity index is 2.85. The number of hydrogen-bond acceptors (Lipinski definition) is 3. The van der Waals surface area contributed by atoms with E-state index in [1.807, 2.05) is 5.38 Å². The van der Waals surface area contributed by atoms with Crippen molar-refractivity contribution in [3.63, 3.8) is 0 Å². The number of rotatable bonds is 1. The average molecular weight is 208 g/mol. The summed E-state index contributed by atoms with van der Waals surface area (Å²) in [6.07, 6.45) is -0.451. The summed E-state index contributed by atoms with van der Waals surface area (Å²) >= 11 is 4.68. The van der Waals surface area contributed by atoms with E-state index in [0.717, 1.165) is 9.61 Å². The molecule has 0 saturated heterocycles. The third kappa shape index (κ3) is 1.74. The van der Waals surface area contributed by atoms with Crippen LogP contribution < -0.4 is 0 Å². The Labute approximate surface area is 65.7 Å². The normalized spacial score (nSPS) is 13.7. The van der Waals surface area contributed by atoms with Gasteiger partial charge in [0.25, 0.3) is 0 Å². The minimum Gasteiger partial charge on any atom is -0.387 e. The van der Waals surface area contributed by atoms with Crippen LogP contribution in [0.25, 0.3) is 0 Å². The molecule has 0 radical (unpaired) electrons. The van der Waals surface area contributed by atoms with Gasteiger partial charge in [-0.05, 0) is 22.9 Å². The van der Waals surface area contributed by atoms with Crippen LogP contribution in [0.15, 0.2) is 9.30 Å². The van der Waals surface area contributed by atoms with E-state index < -0.39 is 6.10 Å². The van der Waals surface area contributed by atoms with Crippen molar-refractivity contribution >= 4 is 27.3 Å². The second kappa shape index (κ2) is 2.77. The topological polar surface area (TPSA) is 33.1 Å². The van der Waals surface area contributed by atoms with E-state index in [1.165, 1.54) is 11.3 Å². The summed E-state index contributed by atoms with van der Waals surface area (Å²) in [4.78, 5) is 4.00. The molecule has 0 bridgehead atoms. The fourth-order valence-electron chi connectivity index (χ4n) is 0.455. The molecule has 0 aliphatic carbocycles. The first-order valence-corrected chi connectivity index (χ1v) is 4.16. The van der Waals surface area contributed by atoms with Crippen LogP contribution in [0.3, 0.4) is 0 Å². The van der Waals surface area contributed by atoms with E-state index in [9.17, 15) is 0 Å². The molecule has 0 unspecified atom stereocenters. The second-order valence-corrected chi connectivity index (χ2v) is 3.84. The van der Waals surface area contributed by atoms with Gasteiger partial charge in [-0.1, -0.05) is 0 Å². The van der Waals surface area contributed by atoms with Crippen molar-refractivity contribution < 1.29 is 5.11 Å².